The predicted octanol–water partition coefficient (Wildman–Crippen LogP) is 4.58. The number of nitrogens with zero attached hydrogens (tertiary/aromatic N) is 1. The van der Waals surface area contributed by atoms with Crippen LogP contribution in [0.15, 0.2) is 36.4 Å². The smallest absolute Gasteiger partial charge is 0.124 e. The Morgan fingerprint density at radius 1 is 1.05 bits per heavy atom. The van der Waals surface area contributed by atoms with Crippen LogP contribution in [0.3, 0.4) is 0 Å². The molecule has 5 heteroatoms. The Balaban J connectivity index is 2.14. The van der Waals surface area contributed by atoms with Crippen molar-refractivity contribution in [2.75, 3.05) is 0 Å². The van der Waals surface area contributed by atoms with Gasteiger partial charge in [0, 0.05) is 10.0 Å². The highest BCUT2D eigenvalue weighted by Gasteiger charge is 2.03. The molecule has 0 spiro atoms. The molecule has 0 N–H and O–H groups in total. The highest BCUT2D eigenvalue weighted by Crippen LogP contribution is 2.25. The standard InChI is InChI=1S/C14H8Cl2FNO/c15-11-4-12(16)6-14(5-11)19-8-10-1-9(7-18)2-13(17)3-10/h1-6H,8H2. The maximum absolute atomic E-state index is 13.2. The van der Waals surface area contributed by atoms with Gasteiger partial charge in [0.1, 0.15) is 18.2 Å². The fourth-order valence-electron chi connectivity index (χ4n) is 1.58. The van der Waals surface area contributed by atoms with E-state index in [2.05, 4.69) is 0 Å². The summed E-state index contributed by atoms with van der Waals surface area (Å²) in [6.07, 6.45) is 0. The molecule has 0 atom stereocenters. The molecule has 2 aromatic rings. The highest BCUT2D eigenvalue weighted by atomic mass is 35.5. The fourth-order valence-corrected chi connectivity index (χ4v) is 2.08. The highest BCUT2D eigenvalue weighted by molar-refractivity contribution is 6.34. The zero-order chi connectivity index (χ0) is 13.8. The van der Waals surface area contributed by atoms with E-state index in [0.29, 0.717) is 21.4 Å². The summed E-state index contributed by atoms with van der Waals surface area (Å²) >= 11 is 11.7. The third-order valence-corrected chi connectivity index (χ3v) is 2.76. The molecule has 0 aliphatic heterocycles. The Kier molecular flexibility index (Phi) is 4.26. The summed E-state index contributed by atoms with van der Waals surface area (Å²) in [5.74, 6) is 0.0158. The van der Waals surface area contributed by atoms with Crippen LogP contribution >= 0.6 is 23.2 Å². The average Bonchev–Trinajstić information content (AvgIpc) is 2.34. The maximum Gasteiger partial charge on any atom is 0.124 e. The van der Waals surface area contributed by atoms with Crippen molar-refractivity contribution in [2.45, 2.75) is 6.61 Å². The number of benzene rings is 2. The van der Waals surface area contributed by atoms with Gasteiger partial charge in [0.25, 0.3) is 0 Å². The van der Waals surface area contributed by atoms with E-state index in [1.165, 1.54) is 12.1 Å². The van der Waals surface area contributed by atoms with E-state index in [0.717, 1.165) is 0 Å². The minimum Gasteiger partial charge on any atom is -0.489 e. The first-order valence-corrected chi connectivity index (χ1v) is 6.11. The van der Waals surface area contributed by atoms with Crippen molar-refractivity contribution in [3.8, 4) is 11.8 Å². The molecule has 0 radical (unpaired) electrons. The molecule has 0 aliphatic carbocycles. The molecule has 0 aromatic heterocycles. The molecule has 2 nitrogen and oxygen atoms in total. The summed E-state index contributed by atoms with van der Waals surface area (Å²) < 4.78 is 18.7. The van der Waals surface area contributed by atoms with Gasteiger partial charge in [0.2, 0.25) is 0 Å². The van der Waals surface area contributed by atoms with Crippen molar-refractivity contribution in [2.24, 2.45) is 0 Å². The molecular formula is C14H8Cl2FNO. The number of ether oxygens (including phenoxy) is 1. The molecule has 0 aliphatic rings. The quantitative estimate of drug-likeness (QED) is 0.830. The number of halogens is 3. The van der Waals surface area contributed by atoms with Crippen molar-refractivity contribution >= 4 is 23.2 Å². The monoisotopic (exact) mass is 295 g/mol. The average molecular weight is 296 g/mol. The second-order valence-corrected chi connectivity index (χ2v) is 4.73. The first-order valence-electron chi connectivity index (χ1n) is 5.35. The van der Waals surface area contributed by atoms with Crippen molar-refractivity contribution in [1.82, 2.24) is 0 Å². The molecule has 0 heterocycles. The lowest BCUT2D eigenvalue weighted by Crippen LogP contribution is -1.97. The molecule has 0 unspecified atom stereocenters. The van der Waals surface area contributed by atoms with Crippen molar-refractivity contribution in [3.63, 3.8) is 0 Å². The maximum atomic E-state index is 13.2. The van der Waals surface area contributed by atoms with E-state index in [1.54, 1.807) is 24.3 Å². The van der Waals surface area contributed by atoms with Gasteiger partial charge in [-0.3, -0.25) is 0 Å². The van der Waals surface area contributed by atoms with Crippen molar-refractivity contribution in [1.29, 1.82) is 5.26 Å². The van der Waals surface area contributed by atoms with Crippen LogP contribution in [0.4, 0.5) is 4.39 Å². The molecule has 0 fully saturated rings. The van der Waals surface area contributed by atoms with E-state index in [1.807, 2.05) is 6.07 Å². The fraction of sp³-hybridized carbons (Fsp3) is 0.0714. The van der Waals surface area contributed by atoms with Crippen LogP contribution in [0.2, 0.25) is 10.0 Å². The van der Waals surface area contributed by atoms with Crippen LogP contribution in [0.25, 0.3) is 0 Å². The van der Waals surface area contributed by atoms with Crippen LogP contribution < -0.4 is 4.74 Å². The molecule has 0 saturated carbocycles. The number of rotatable bonds is 3. The van der Waals surface area contributed by atoms with Gasteiger partial charge in [-0.25, -0.2) is 4.39 Å². The van der Waals surface area contributed by atoms with Gasteiger partial charge in [0.05, 0.1) is 11.6 Å². The summed E-state index contributed by atoms with van der Waals surface area (Å²) in [5, 5.41) is 9.67. The summed E-state index contributed by atoms with van der Waals surface area (Å²) in [7, 11) is 0. The van der Waals surface area contributed by atoms with E-state index in [9.17, 15) is 4.39 Å². The third kappa shape index (κ3) is 3.85. The minimum atomic E-state index is -0.471. The predicted molar refractivity (Wildman–Crippen MR) is 71.9 cm³/mol. The molecule has 19 heavy (non-hydrogen) atoms. The van der Waals surface area contributed by atoms with Crippen molar-refractivity contribution < 1.29 is 9.13 Å². The van der Waals surface area contributed by atoms with E-state index >= 15 is 0 Å². The number of nitriles is 1. The summed E-state index contributed by atoms with van der Waals surface area (Å²) in [5.41, 5.74) is 0.815. The SMILES string of the molecule is N#Cc1cc(F)cc(COc2cc(Cl)cc(Cl)c2)c1. The van der Waals surface area contributed by atoms with Gasteiger partial charge < -0.3 is 4.74 Å². The number of hydrogen-bond donors (Lipinski definition) is 0. The van der Waals surface area contributed by atoms with E-state index < -0.39 is 5.82 Å². The van der Waals surface area contributed by atoms with E-state index in [4.69, 9.17) is 33.2 Å². The van der Waals surface area contributed by atoms with Gasteiger partial charge in [0.15, 0.2) is 0 Å². The molecule has 0 saturated heterocycles. The van der Waals surface area contributed by atoms with Crippen LogP contribution in [0.1, 0.15) is 11.1 Å². The Hall–Kier alpha value is -1.76. The minimum absolute atomic E-state index is 0.128. The second kappa shape index (κ2) is 5.92. The lowest BCUT2D eigenvalue weighted by molar-refractivity contribution is 0.305. The van der Waals surface area contributed by atoms with Crippen LogP contribution in [0, 0.1) is 17.1 Å². The molecule has 2 aromatic carbocycles. The Bertz CT molecular complexity index is 632. The van der Waals surface area contributed by atoms with Crippen LogP contribution in [-0.2, 0) is 6.61 Å². The molecule has 0 amide bonds. The number of hydrogen-bond acceptors (Lipinski definition) is 2. The Morgan fingerprint density at radius 2 is 1.74 bits per heavy atom. The molecule has 96 valence electrons. The largest absolute Gasteiger partial charge is 0.489 e. The third-order valence-electron chi connectivity index (χ3n) is 2.33. The molecule has 0 bridgehead atoms. The van der Waals surface area contributed by atoms with Gasteiger partial charge in [-0.15, -0.1) is 0 Å². The summed E-state index contributed by atoms with van der Waals surface area (Å²) in [6.45, 7) is 0.128. The van der Waals surface area contributed by atoms with Gasteiger partial charge >= 0.3 is 0 Å². The first kappa shape index (κ1) is 13.7. The summed E-state index contributed by atoms with van der Waals surface area (Å²) in [6, 6.07) is 10.7. The van der Waals surface area contributed by atoms with Crippen LogP contribution in [0.5, 0.6) is 5.75 Å². The van der Waals surface area contributed by atoms with Crippen LogP contribution in [-0.4, -0.2) is 0 Å². The zero-order valence-corrected chi connectivity index (χ0v) is 11.2. The normalized spacial score (nSPS) is 10.0. The summed E-state index contributed by atoms with van der Waals surface area (Å²) in [4.78, 5) is 0. The Labute approximate surface area is 119 Å². The van der Waals surface area contributed by atoms with Gasteiger partial charge in [-0.05, 0) is 42.0 Å². The topological polar surface area (TPSA) is 33.0 Å². The van der Waals surface area contributed by atoms with Gasteiger partial charge in [-0.2, -0.15) is 5.26 Å². The molecule has 2 rings (SSSR count). The van der Waals surface area contributed by atoms with Crippen molar-refractivity contribution in [3.05, 3.63) is 63.4 Å². The van der Waals surface area contributed by atoms with E-state index in [-0.39, 0.29) is 12.2 Å². The zero-order valence-electron chi connectivity index (χ0n) is 9.66. The lowest BCUT2D eigenvalue weighted by Gasteiger charge is -2.07. The Morgan fingerprint density at radius 3 is 2.37 bits per heavy atom. The van der Waals surface area contributed by atoms with Gasteiger partial charge in [-0.1, -0.05) is 23.2 Å². The molecular weight excluding hydrogens is 288 g/mol. The second-order valence-electron chi connectivity index (χ2n) is 3.85. The first-order chi connectivity index (χ1) is 9.06. The lowest BCUT2D eigenvalue weighted by atomic mass is 10.1.